The first-order chi connectivity index (χ1) is 12.7. The average molecular weight is 363 g/mol. The van der Waals surface area contributed by atoms with Crippen LogP contribution in [0.5, 0.6) is 5.75 Å². The van der Waals surface area contributed by atoms with E-state index in [1.54, 1.807) is 0 Å². The predicted octanol–water partition coefficient (Wildman–Crippen LogP) is 5.07. The van der Waals surface area contributed by atoms with Crippen LogP contribution in [0.3, 0.4) is 0 Å². The Labute approximate surface area is 158 Å². The van der Waals surface area contributed by atoms with Gasteiger partial charge in [0.15, 0.2) is 0 Å². The molecule has 2 atom stereocenters. The summed E-state index contributed by atoms with van der Waals surface area (Å²) in [6, 6.07) is 7.85. The van der Waals surface area contributed by atoms with Crippen molar-refractivity contribution in [2.75, 3.05) is 25.0 Å². The Morgan fingerprint density at radius 1 is 1.19 bits per heavy atom. The third-order valence-corrected chi connectivity index (χ3v) is 5.05. The predicted molar refractivity (Wildman–Crippen MR) is 106 cm³/mol. The maximum atomic E-state index is 12.3. The van der Waals surface area contributed by atoms with E-state index in [1.807, 2.05) is 24.3 Å². The maximum absolute atomic E-state index is 12.3. The number of ether oxygens (including phenoxy) is 2. The number of amides is 1. The van der Waals surface area contributed by atoms with Gasteiger partial charge in [0, 0.05) is 17.8 Å². The summed E-state index contributed by atoms with van der Waals surface area (Å²) in [4.78, 5) is 14.7. The number of hydrogen-bond acceptors (Lipinski definition) is 4. The second-order valence-corrected chi connectivity index (χ2v) is 6.87. The lowest BCUT2D eigenvalue weighted by Gasteiger charge is -2.30. The molecule has 1 aromatic rings. The van der Waals surface area contributed by atoms with Gasteiger partial charge in [-0.1, -0.05) is 39.7 Å². The molecule has 0 spiro atoms. The fourth-order valence-electron chi connectivity index (χ4n) is 3.64. The number of carbonyl (C=O) groups excluding carboxylic acids is 1. The lowest BCUT2D eigenvalue weighted by Crippen LogP contribution is -2.42. The molecule has 1 saturated carbocycles. The number of likely N-dealkylation sites (N-methyl/N-ethyl adjacent to an activating group) is 1. The summed E-state index contributed by atoms with van der Waals surface area (Å²) in [6.07, 6.45) is 6.13. The first-order valence-electron chi connectivity index (χ1n) is 10.1. The number of nitrogens with one attached hydrogen (secondary N) is 1. The van der Waals surface area contributed by atoms with E-state index in [4.69, 9.17) is 9.47 Å². The highest BCUT2D eigenvalue weighted by atomic mass is 16.6. The molecular formula is C21H34N2O3. The molecule has 0 saturated heterocycles. The zero-order valence-electron chi connectivity index (χ0n) is 16.5. The molecular weight excluding hydrogens is 328 g/mol. The largest absolute Gasteiger partial charge is 0.494 e. The van der Waals surface area contributed by atoms with Crippen molar-refractivity contribution >= 4 is 11.8 Å². The van der Waals surface area contributed by atoms with Crippen LogP contribution in [0, 0.1) is 0 Å². The van der Waals surface area contributed by atoms with Gasteiger partial charge < -0.3 is 9.47 Å². The van der Waals surface area contributed by atoms with Crippen molar-refractivity contribution in [2.45, 2.75) is 71.4 Å². The smallest absolute Gasteiger partial charge is 0.411 e. The van der Waals surface area contributed by atoms with E-state index in [-0.39, 0.29) is 12.2 Å². The average Bonchev–Trinajstić information content (AvgIpc) is 3.08. The molecule has 1 aliphatic rings. The zero-order valence-corrected chi connectivity index (χ0v) is 16.5. The molecule has 0 radical (unpaired) electrons. The van der Waals surface area contributed by atoms with E-state index in [1.165, 1.54) is 12.8 Å². The van der Waals surface area contributed by atoms with Crippen LogP contribution in [0.25, 0.3) is 0 Å². The molecule has 1 aromatic carbocycles. The van der Waals surface area contributed by atoms with Crippen molar-refractivity contribution in [3.63, 3.8) is 0 Å². The van der Waals surface area contributed by atoms with Gasteiger partial charge in [-0.25, -0.2) is 4.79 Å². The summed E-state index contributed by atoms with van der Waals surface area (Å²) >= 11 is 0. The summed E-state index contributed by atoms with van der Waals surface area (Å²) in [6.45, 7) is 9.16. The Balaban J connectivity index is 1.85. The number of benzene rings is 1. The van der Waals surface area contributed by atoms with Gasteiger partial charge >= 0.3 is 6.09 Å². The molecule has 0 aromatic heterocycles. The van der Waals surface area contributed by atoms with Gasteiger partial charge in [0.05, 0.1) is 6.61 Å². The van der Waals surface area contributed by atoms with Gasteiger partial charge in [-0.3, -0.25) is 10.2 Å². The molecule has 2 rings (SSSR count). The summed E-state index contributed by atoms with van der Waals surface area (Å²) in [7, 11) is 0. The Morgan fingerprint density at radius 2 is 2.00 bits per heavy atom. The molecule has 1 aliphatic carbocycles. The van der Waals surface area contributed by atoms with Crippen molar-refractivity contribution in [1.29, 1.82) is 0 Å². The van der Waals surface area contributed by atoms with Crippen LogP contribution in [0.1, 0.15) is 59.3 Å². The summed E-state index contributed by atoms with van der Waals surface area (Å²) in [5.74, 6) is 0.779. The molecule has 1 amide bonds. The van der Waals surface area contributed by atoms with E-state index < -0.39 is 0 Å². The molecule has 5 heteroatoms. The van der Waals surface area contributed by atoms with E-state index in [9.17, 15) is 4.79 Å². The first-order valence-corrected chi connectivity index (χ1v) is 10.1. The van der Waals surface area contributed by atoms with Crippen LogP contribution in [0.4, 0.5) is 10.5 Å². The monoisotopic (exact) mass is 362 g/mol. The van der Waals surface area contributed by atoms with Crippen LogP contribution < -0.4 is 10.1 Å². The number of anilines is 1. The number of hydrogen-bond donors (Lipinski definition) is 1. The van der Waals surface area contributed by atoms with Crippen molar-refractivity contribution in [3.05, 3.63) is 24.3 Å². The van der Waals surface area contributed by atoms with Crippen molar-refractivity contribution in [1.82, 2.24) is 4.90 Å². The molecule has 5 nitrogen and oxygen atoms in total. The molecule has 146 valence electrons. The third-order valence-electron chi connectivity index (χ3n) is 5.05. The molecule has 0 bridgehead atoms. The van der Waals surface area contributed by atoms with Gasteiger partial charge in [0.2, 0.25) is 0 Å². The second kappa shape index (κ2) is 11.1. The van der Waals surface area contributed by atoms with Crippen molar-refractivity contribution in [3.8, 4) is 5.75 Å². The van der Waals surface area contributed by atoms with E-state index in [0.29, 0.717) is 18.3 Å². The standard InChI is InChI=1S/C21H34N2O3/c1-4-7-8-15-25-18-12-9-11-17(16-18)22-21(24)26-20-14-10-13-19(20)23(5-2)6-3/h9,11-12,16,19-20H,4-8,10,13-15H2,1-3H3,(H,22,24)/t19-,20?/m0/s1. The Bertz CT molecular complexity index is 546. The van der Waals surface area contributed by atoms with E-state index in [0.717, 1.165) is 44.5 Å². The SMILES string of the molecule is CCCCCOc1cccc(NC(=O)OC2CCC[C@@H]2N(CC)CC)c1. The fraction of sp³-hybridized carbons (Fsp3) is 0.667. The second-order valence-electron chi connectivity index (χ2n) is 6.87. The quantitative estimate of drug-likeness (QED) is 0.591. The molecule has 1 fully saturated rings. The van der Waals surface area contributed by atoms with Gasteiger partial charge in [0.1, 0.15) is 11.9 Å². The Kier molecular flexibility index (Phi) is 8.75. The normalized spacial score (nSPS) is 19.5. The molecule has 1 unspecified atom stereocenters. The van der Waals surface area contributed by atoms with Gasteiger partial charge in [-0.15, -0.1) is 0 Å². The summed E-state index contributed by atoms with van der Waals surface area (Å²) in [5.41, 5.74) is 0.709. The van der Waals surface area contributed by atoms with Crippen LogP contribution in [0.15, 0.2) is 24.3 Å². The maximum Gasteiger partial charge on any atom is 0.411 e. The van der Waals surface area contributed by atoms with E-state index in [2.05, 4.69) is 31.0 Å². The highest BCUT2D eigenvalue weighted by Crippen LogP contribution is 2.27. The van der Waals surface area contributed by atoms with Gasteiger partial charge in [-0.2, -0.15) is 0 Å². The van der Waals surface area contributed by atoms with Crippen LogP contribution in [0.2, 0.25) is 0 Å². The van der Waals surface area contributed by atoms with Crippen LogP contribution in [-0.4, -0.2) is 42.8 Å². The first kappa shape index (κ1) is 20.6. The minimum Gasteiger partial charge on any atom is -0.494 e. The number of unbranched alkanes of at least 4 members (excludes halogenated alkanes) is 2. The fourth-order valence-corrected chi connectivity index (χ4v) is 3.64. The van der Waals surface area contributed by atoms with Gasteiger partial charge in [0.25, 0.3) is 0 Å². The molecule has 1 N–H and O–H groups in total. The highest BCUT2D eigenvalue weighted by molar-refractivity contribution is 5.85. The molecule has 26 heavy (non-hydrogen) atoms. The highest BCUT2D eigenvalue weighted by Gasteiger charge is 2.33. The molecule has 0 heterocycles. The molecule has 0 aliphatic heterocycles. The lowest BCUT2D eigenvalue weighted by atomic mass is 10.2. The summed E-state index contributed by atoms with van der Waals surface area (Å²) in [5, 5.41) is 2.85. The zero-order chi connectivity index (χ0) is 18.8. The Hall–Kier alpha value is -1.75. The van der Waals surface area contributed by atoms with Crippen molar-refractivity contribution < 1.29 is 14.3 Å². The topological polar surface area (TPSA) is 50.8 Å². The van der Waals surface area contributed by atoms with E-state index >= 15 is 0 Å². The van der Waals surface area contributed by atoms with Crippen LogP contribution >= 0.6 is 0 Å². The van der Waals surface area contributed by atoms with Crippen molar-refractivity contribution in [2.24, 2.45) is 0 Å². The minimum absolute atomic E-state index is 0.0247. The lowest BCUT2D eigenvalue weighted by molar-refractivity contribution is 0.0549. The van der Waals surface area contributed by atoms with Gasteiger partial charge in [-0.05, 0) is 50.9 Å². The number of rotatable bonds is 10. The number of carbonyl (C=O) groups is 1. The van der Waals surface area contributed by atoms with Crippen LogP contribution in [-0.2, 0) is 4.74 Å². The third kappa shape index (κ3) is 6.20. The number of nitrogens with zero attached hydrogens (tertiary/aromatic N) is 1. The minimum atomic E-state index is -0.378. The Morgan fingerprint density at radius 3 is 2.73 bits per heavy atom. The summed E-state index contributed by atoms with van der Waals surface area (Å²) < 4.78 is 11.5.